The number of rotatable bonds is 5. The van der Waals surface area contributed by atoms with E-state index in [2.05, 4.69) is 0 Å². The van der Waals surface area contributed by atoms with Gasteiger partial charge in [-0.25, -0.2) is 12.8 Å². The zero-order valence-electron chi connectivity index (χ0n) is 16.9. The van der Waals surface area contributed by atoms with Gasteiger partial charge in [0.1, 0.15) is 11.9 Å². The number of hydrogen-bond acceptors (Lipinski definition) is 4. The van der Waals surface area contributed by atoms with Crippen molar-refractivity contribution in [2.24, 2.45) is 0 Å². The predicted octanol–water partition coefficient (Wildman–Crippen LogP) is 2.64. The van der Waals surface area contributed by atoms with E-state index in [0.717, 1.165) is 11.8 Å². The lowest BCUT2D eigenvalue weighted by atomic mass is 10.2. The summed E-state index contributed by atoms with van der Waals surface area (Å²) in [5.74, 6) is -0.548. The maximum absolute atomic E-state index is 14.0. The van der Waals surface area contributed by atoms with Gasteiger partial charge in [0.25, 0.3) is 0 Å². The van der Waals surface area contributed by atoms with Crippen LogP contribution in [0.4, 0.5) is 15.8 Å². The summed E-state index contributed by atoms with van der Waals surface area (Å²) in [5.41, 5.74) is 1.90. The van der Waals surface area contributed by atoms with E-state index >= 15 is 0 Å². The molecular formula is C21H26FN3O3S. The van der Waals surface area contributed by atoms with Crippen LogP contribution in [0.1, 0.15) is 12.5 Å². The summed E-state index contributed by atoms with van der Waals surface area (Å²) >= 11 is 0. The van der Waals surface area contributed by atoms with Gasteiger partial charge in [-0.1, -0.05) is 24.3 Å². The second-order valence-electron chi connectivity index (χ2n) is 7.34. The Morgan fingerprint density at radius 2 is 1.72 bits per heavy atom. The second-order valence-corrected chi connectivity index (χ2v) is 9.20. The zero-order chi connectivity index (χ0) is 21.2. The van der Waals surface area contributed by atoms with Crippen molar-refractivity contribution in [2.75, 3.05) is 41.6 Å². The molecule has 0 bridgehead atoms. The largest absolute Gasteiger partial charge is 0.366 e. The van der Waals surface area contributed by atoms with Gasteiger partial charge in [-0.15, -0.1) is 0 Å². The molecule has 1 fully saturated rings. The molecular weight excluding hydrogens is 393 g/mol. The number of hydrogen-bond donors (Lipinski definition) is 0. The van der Waals surface area contributed by atoms with Crippen LogP contribution >= 0.6 is 0 Å². The van der Waals surface area contributed by atoms with Crippen molar-refractivity contribution in [1.29, 1.82) is 0 Å². The van der Waals surface area contributed by atoms with Crippen LogP contribution in [0.5, 0.6) is 0 Å². The average Bonchev–Trinajstić information content (AvgIpc) is 2.67. The Balaban J connectivity index is 1.75. The van der Waals surface area contributed by atoms with E-state index in [9.17, 15) is 17.6 Å². The summed E-state index contributed by atoms with van der Waals surface area (Å²) in [6, 6.07) is 12.8. The predicted molar refractivity (Wildman–Crippen MR) is 113 cm³/mol. The van der Waals surface area contributed by atoms with Gasteiger partial charge in [-0.05, 0) is 43.7 Å². The normalized spacial score (nSPS) is 15.9. The summed E-state index contributed by atoms with van der Waals surface area (Å²) in [4.78, 5) is 16.6. The molecule has 8 heteroatoms. The van der Waals surface area contributed by atoms with Crippen molar-refractivity contribution in [3.8, 4) is 0 Å². The van der Waals surface area contributed by atoms with Crippen LogP contribution in [0, 0.1) is 12.7 Å². The molecule has 1 atom stereocenters. The van der Waals surface area contributed by atoms with Crippen molar-refractivity contribution in [3.63, 3.8) is 0 Å². The van der Waals surface area contributed by atoms with E-state index in [1.54, 1.807) is 48.2 Å². The van der Waals surface area contributed by atoms with E-state index in [-0.39, 0.29) is 11.7 Å². The molecule has 6 nitrogen and oxygen atoms in total. The van der Waals surface area contributed by atoms with E-state index in [1.165, 1.54) is 10.4 Å². The van der Waals surface area contributed by atoms with Crippen LogP contribution in [0.2, 0.25) is 0 Å². The number of carbonyl (C=O) groups excluding carboxylic acids is 1. The molecule has 0 spiro atoms. The first-order valence-corrected chi connectivity index (χ1v) is 11.4. The minimum Gasteiger partial charge on any atom is -0.366 e. The Morgan fingerprint density at radius 1 is 1.07 bits per heavy atom. The molecule has 3 rings (SSSR count). The van der Waals surface area contributed by atoms with Crippen molar-refractivity contribution in [1.82, 2.24) is 4.90 Å². The molecule has 1 amide bonds. The maximum Gasteiger partial charge on any atom is 0.246 e. The first-order valence-electron chi connectivity index (χ1n) is 9.53. The number of carbonyl (C=O) groups is 1. The topological polar surface area (TPSA) is 60.9 Å². The smallest absolute Gasteiger partial charge is 0.246 e. The second kappa shape index (κ2) is 8.41. The zero-order valence-corrected chi connectivity index (χ0v) is 17.7. The first kappa shape index (κ1) is 21.1. The van der Waals surface area contributed by atoms with Gasteiger partial charge in [-0.2, -0.15) is 0 Å². The molecule has 0 aromatic heterocycles. The van der Waals surface area contributed by atoms with Gasteiger partial charge in [0, 0.05) is 26.2 Å². The highest BCUT2D eigenvalue weighted by Crippen LogP contribution is 2.24. The van der Waals surface area contributed by atoms with E-state index < -0.39 is 16.1 Å². The molecule has 29 heavy (non-hydrogen) atoms. The number of amides is 1. The number of sulfonamides is 1. The number of para-hydroxylation sites is 1. The van der Waals surface area contributed by atoms with Crippen molar-refractivity contribution < 1.29 is 17.6 Å². The highest BCUT2D eigenvalue weighted by atomic mass is 32.2. The monoisotopic (exact) mass is 419 g/mol. The SMILES string of the molecule is Cc1cccc(N(C(C)C(=O)N2CCN(c3ccccc3F)CC2)S(C)(=O)=O)c1. The van der Waals surface area contributed by atoms with E-state index in [0.29, 0.717) is 37.6 Å². The standard InChI is InChI=1S/C21H26FN3O3S/c1-16-7-6-8-18(15-16)25(29(3,27)28)17(2)21(26)24-13-11-23(12-14-24)20-10-5-4-9-19(20)22/h4-10,15,17H,11-14H2,1-3H3. The van der Waals surface area contributed by atoms with Gasteiger partial charge >= 0.3 is 0 Å². The summed E-state index contributed by atoms with van der Waals surface area (Å²) in [7, 11) is -3.65. The lowest BCUT2D eigenvalue weighted by Gasteiger charge is -2.39. The van der Waals surface area contributed by atoms with Crippen molar-refractivity contribution >= 4 is 27.3 Å². The third-order valence-corrected chi connectivity index (χ3v) is 6.35. The Hall–Kier alpha value is -2.61. The third kappa shape index (κ3) is 4.70. The summed E-state index contributed by atoms with van der Waals surface area (Å²) in [6.45, 7) is 5.27. The number of piperazine rings is 1. The fourth-order valence-electron chi connectivity index (χ4n) is 3.71. The molecule has 0 radical (unpaired) electrons. The lowest BCUT2D eigenvalue weighted by molar-refractivity contribution is -0.132. The van der Waals surface area contributed by atoms with Gasteiger partial charge in [0.05, 0.1) is 17.6 Å². The van der Waals surface area contributed by atoms with Gasteiger partial charge in [0.2, 0.25) is 15.9 Å². The summed E-state index contributed by atoms with van der Waals surface area (Å²) < 4.78 is 40.1. The molecule has 0 aliphatic carbocycles. The molecule has 2 aromatic carbocycles. The quantitative estimate of drug-likeness (QED) is 0.748. The van der Waals surface area contributed by atoms with E-state index in [4.69, 9.17) is 0 Å². The van der Waals surface area contributed by atoms with Gasteiger partial charge in [0.15, 0.2) is 0 Å². The first-order chi connectivity index (χ1) is 13.7. The van der Waals surface area contributed by atoms with Gasteiger partial charge < -0.3 is 9.80 Å². The van der Waals surface area contributed by atoms with Gasteiger partial charge in [-0.3, -0.25) is 9.10 Å². The average molecular weight is 420 g/mol. The van der Waals surface area contributed by atoms with Crippen LogP contribution in [-0.4, -0.2) is 57.7 Å². The number of anilines is 2. The molecule has 0 N–H and O–H groups in total. The Kier molecular flexibility index (Phi) is 6.12. The summed E-state index contributed by atoms with van der Waals surface area (Å²) in [5, 5.41) is 0. The molecule has 1 aliphatic rings. The highest BCUT2D eigenvalue weighted by Gasteiger charge is 2.33. The van der Waals surface area contributed by atoms with Crippen LogP contribution in [-0.2, 0) is 14.8 Å². The fourth-order valence-corrected chi connectivity index (χ4v) is 4.87. The minimum absolute atomic E-state index is 0.259. The Morgan fingerprint density at radius 3 is 2.31 bits per heavy atom. The van der Waals surface area contributed by atoms with Crippen LogP contribution in [0.25, 0.3) is 0 Å². The maximum atomic E-state index is 14.0. The van der Waals surface area contributed by atoms with Crippen molar-refractivity contribution in [3.05, 3.63) is 59.9 Å². The molecule has 1 unspecified atom stereocenters. The molecule has 2 aromatic rings. The van der Waals surface area contributed by atoms with Crippen LogP contribution in [0.15, 0.2) is 48.5 Å². The Bertz CT molecular complexity index is 988. The number of benzene rings is 2. The number of halogens is 1. The number of aryl methyl sites for hydroxylation is 1. The van der Waals surface area contributed by atoms with Crippen molar-refractivity contribution in [2.45, 2.75) is 19.9 Å². The van der Waals surface area contributed by atoms with E-state index in [1.807, 2.05) is 17.9 Å². The molecule has 156 valence electrons. The third-order valence-electron chi connectivity index (χ3n) is 5.11. The number of nitrogens with zero attached hydrogens (tertiary/aromatic N) is 3. The lowest BCUT2D eigenvalue weighted by Crippen LogP contribution is -2.55. The molecule has 1 heterocycles. The molecule has 0 saturated carbocycles. The van der Waals surface area contributed by atoms with Crippen LogP contribution < -0.4 is 9.21 Å². The fraction of sp³-hybridized carbons (Fsp3) is 0.381. The highest BCUT2D eigenvalue weighted by molar-refractivity contribution is 7.92. The molecule has 1 saturated heterocycles. The Labute approximate surface area is 171 Å². The summed E-state index contributed by atoms with van der Waals surface area (Å²) in [6.07, 6.45) is 1.11. The van der Waals surface area contributed by atoms with Crippen LogP contribution in [0.3, 0.4) is 0 Å². The minimum atomic E-state index is -3.65. The molecule has 1 aliphatic heterocycles.